The van der Waals surface area contributed by atoms with Crippen molar-refractivity contribution in [1.29, 1.82) is 0 Å². The van der Waals surface area contributed by atoms with Crippen LogP contribution in [0.15, 0.2) is 78.9 Å². The molecule has 2 fully saturated rings. The van der Waals surface area contributed by atoms with Crippen molar-refractivity contribution in [3.63, 3.8) is 0 Å². The Morgan fingerprint density at radius 2 is 1.52 bits per heavy atom. The molecule has 10 heteroatoms. The minimum atomic E-state index is -0.860. The number of ether oxygens (including phenoxy) is 2. The van der Waals surface area contributed by atoms with E-state index in [0.29, 0.717) is 31.2 Å². The molecule has 0 spiro atoms. The largest absolute Gasteiger partial charge is 0.494 e. The lowest BCUT2D eigenvalue weighted by molar-refractivity contribution is -0.152. The first kappa shape index (κ1) is 34.9. The van der Waals surface area contributed by atoms with Gasteiger partial charge in [-0.25, -0.2) is 0 Å². The van der Waals surface area contributed by atoms with E-state index >= 15 is 0 Å². The van der Waals surface area contributed by atoms with Gasteiger partial charge in [-0.15, -0.1) is 0 Å². The molecule has 2 aliphatic rings. The van der Waals surface area contributed by atoms with Gasteiger partial charge in [0.25, 0.3) is 0 Å². The molecule has 3 aromatic rings. The highest BCUT2D eigenvalue weighted by molar-refractivity contribution is 5.97. The van der Waals surface area contributed by atoms with E-state index < -0.39 is 17.6 Å². The van der Waals surface area contributed by atoms with Crippen LogP contribution in [0.2, 0.25) is 0 Å². The number of amides is 3. The summed E-state index contributed by atoms with van der Waals surface area (Å²) in [6, 6.07) is 23.0. The van der Waals surface area contributed by atoms with Crippen LogP contribution >= 0.6 is 0 Å². The van der Waals surface area contributed by atoms with Crippen molar-refractivity contribution in [1.82, 2.24) is 20.4 Å². The predicted octanol–water partition coefficient (Wildman–Crippen LogP) is 4.27. The molecule has 48 heavy (non-hydrogen) atoms. The Hall–Kier alpha value is -4.41. The van der Waals surface area contributed by atoms with Crippen molar-refractivity contribution in [2.45, 2.75) is 70.6 Å². The van der Waals surface area contributed by atoms with Gasteiger partial charge in [-0.1, -0.05) is 42.5 Å². The van der Waals surface area contributed by atoms with E-state index in [9.17, 15) is 14.4 Å². The van der Waals surface area contributed by atoms with E-state index in [-0.39, 0.29) is 37.2 Å². The van der Waals surface area contributed by atoms with Crippen LogP contribution in [0.1, 0.15) is 51.2 Å². The zero-order chi connectivity index (χ0) is 34.1. The van der Waals surface area contributed by atoms with E-state index in [2.05, 4.69) is 10.6 Å². The number of rotatable bonds is 14. The molecule has 0 bridgehead atoms. The van der Waals surface area contributed by atoms with Gasteiger partial charge in [-0.2, -0.15) is 0 Å². The number of nitrogens with one attached hydrogen (secondary N) is 2. The van der Waals surface area contributed by atoms with Crippen molar-refractivity contribution < 1.29 is 23.9 Å². The zero-order valence-electron chi connectivity index (χ0n) is 28.3. The number of piperidine rings is 1. The van der Waals surface area contributed by atoms with Gasteiger partial charge in [0.05, 0.1) is 13.2 Å². The first-order valence-electron chi connectivity index (χ1n) is 17.0. The van der Waals surface area contributed by atoms with E-state index in [4.69, 9.17) is 15.2 Å². The Balaban J connectivity index is 1.39. The summed E-state index contributed by atoms with van der Waals surface area (Å²) in [6.45, 7) is 8.75. The van der Waals surface area contributed by atoms with Gasteiger partial charge in [-0.05, 0) is 100 Å². The molecule has 256 valence electrons. The summed E-state index contributed by atoms with van der Waals surface area (Å²) < 4.78 is 11.5. The molecule has 0 saturated carbocycles. The Morgan fingerprint density at radius 1 is 0.896 bits per heavy atom. The van der Waals surface area contributed by atoms with Crippen LogP contribution in [-0.4, -0.2) is 77.9 Å². The minimum Gasteiger partial charge on any atom is -0.494 e. The third-order valence-electron chi connectivity index (χ3n) is 8.80. The monoisotopic (exact) mass is 655 g/mol. The summed E-state index contributed by atoms with van der Waals surface area (Å²) in [7, 11) is 0. The second-order valence-corrected chi connectivity index (χ2v) is 13.5. The second kappa shape index (κ2) is 16.1. The number of benzene rings is 3. The van der Waals surface area contributed by atoms with E-state index in [0.717, 1.165) is 48.6 Å². The van der Waals surface area contributed by atoms with Crippen LogP contribution in [0.3, 0.4) is 0 Å². The summed E-state index contributed by atoms with van der Waals surface area (Å²) in [6.07, 6.45) is 2.36. The Labute approximate surface area is 284 Å². The molecule has 0 radical (unpaired) electrons. The van der Waals surface area contributed by atoms with E-state index in [1.165, 1.54) is 0 Å². The molecule has 3 aromatic carbocycles. The van der Waals surface area contributed by atoms with Crippen LogP contribution in [0, 0.1) is 5.92 Å². The predicted molar refractivity (Wildman–Crippen MR) is 186 cm³/mol. The SMILES string of the molecule is CCOc1ccc(CC2NC(=O)C(CN(CC3CCNCC3)C(=O)CC(C)(C)N)N(Cc3ccc(Oc4ccccc4)cc3)C2=O)cc1. The summed E-state index contributed by atoms with van der Waals surface area (Å²) in [4.78, 5) is 45.3. The van der Waals surface area contributed by atoms with Crippen LogP contribution in [0.4, 0.5) is 0 Å². The highest BCUT2D eigenvalue weighted by Gasteiger charge is 2.42. The molecular weight excluding hydrogens is 606 g/mol. The molecular formula is C38H49N5O5. The molecule has 2 unspecified atom stereocenters. The lowest BCUT2D eigenvalue weighted by atomic mass is 9.95. The normalized spacial score (nSPS) is 18.7. The summed E-state index contributed by atoms with van der Waals surface area (Å²) in [5, 5.41) is 6.38. The van der Waals surface area contributed by atoms with Crippen molar-refractivity contribution in [3.05, 3.63) is 90.0 Å². The van der Waals surface area contributed by atoms with Gasteiger partial charge in [-0.3, -0.25) is 14.4 Å². The maximum Gasteiger partial charge on any atom is 0.246 e. The van der Waals surface area contributed by atoms with Crippen LogP contribution in [-0.2, 0) is 27.3 Å². The molecule has 2 heterocycles. The molecule has 3 amide bonds. The molecule has 2 aliphatic heterocycles. The number of carbonyl (C=O) groups excluding carboxylic acids is 3. The van der Waals surface area contributed by atoms with Gasteiger partial charge in [0, 0.05) is 31.5 Å². The highest BCUT2D eigenvalue weighted by atomic mass is 16.5. The lowest BCUT2D eigenvalue weighted by Crippen LogP contribution is -2.66. The van der Waals surface area contributed by atoms with Gasteiger partial charge in [0.15, 0.2) is 0 Å². The van der Waals surface area contributed by atoms with Gasteiger partial charge in [0.1, 0.15) is 29.3 Å². The topological polar surface area (TPSA) is 126 Å². The molecule has 2 saturated heterocycles. The fraction of sp³-hybridized carbons (Fsp3) is 0.447. The molecule has 0 aromatic heterocycles. The number of hydrogen-bond acceptors (Lipinski definition) is 7. The average Bonchev–Trinajstić information content (AvgIpc) is 3.06. The van der Waals surface area contributed by atoms with E-state index in [1.807, 2.05) is 99.6 Å². The summed E-state index contributed by atoms with van der Waals surface area (Å²) >= 11 is 0. The highest BCUT2D eigenvalue weighted by Crippen LogP contribution is 2.25. The first-order chi connectivity index (χ1) is 23.1. The average molecular weight is 656 g/mol. The third kappa shape index (κ3) is 9.81. The summed E-state index contributed by atoms with van der Waals surface area (Å²) in [5.74, 6) is 1.87. The second-order valence-electron chi connectivity index (χ2n) is 13.5. The Bertz CT molecular complexity index is 1500. The quantitative estimate of drug-likeness (QED) is 0.237. The maximum absolute atomic E-state index is 14.3. The van der Waals surface area contributed by atoms with Crippen LogP contribution < -0.4 is 25.8 Å². The van der Waals surface area contributed by atoms with Crippen molar-refractivity contribution in [3.8, 4) is 17.2 Å². The summed E-state index contributed by atoms with van der Waals surface area (Å²) in [5.41, 5.74) is 7.33. The number of hydrogen-bond donors (Lipinski definition) is 3. The molecule has 4 N–H and O–H groups in total. The van der Waals surface area contributed by atoms with Crippen LogP contribution in [0.25, 0.3) is 0 Å². The van der Waals surface area contributed by atoms with Crippen molar-refractivity contribution in [2.75, 3.05) is 32.8 Å². The number of carbonyl (C=O) groups is 3. The van der Waals surface area contributed by atoms with Crippen molar-refractivity contribution in [2.24, 2.45) is 11.7 Å². The number of para-hydroxylation sites is 1. The van der Waals surface area contributed by atoms with Gasteiger partial charge in [0.2, 0.25) is 17.7 Å². The van der Waals surface area contributed by atoms with Gasteiger partial charge < -0.3 is 35.6 Å². The standard InChI is InChI=1S/C38H49N5O5/c1-4-47-30-14-10-27(11-15-30)22-33-37(46)43(25-28-12-16-32(17-13-28)48-31-8-6-5-7-9-31)34(36(45)41-33)26-42(35(44)23-38(2,3)39)24-29-18-20-40-21-19-29/h5-17,29,33-34,40H,4,18-26,39H2,1-3H3,(H,41,45). The van der Waals surface area contributed by atoms with Crippen LogP contribution in [0.5, 0.6) is 17.2 Å². The zero-order valence-corrected chi connectivity index (χ0v) is 28.3. The van der Waals surface area contributed by atoms with Crippen molar-refractivity contribution >= 4 is 17.7 Å². The molecule has 10 nitrogen and oxygen atoms in total. The Morgan fingerprint density at radius 3 is 2.17 bits per heavy atom. The Kier molecular flexibility index (Phi) is 11.7. The number of nitrogens with zero attached hydrogens (tertiary/aromatic N) is 2. The smallest absolute Gasteiger partial charge is 0.246 e. The maximum atomic E-state index is 14.3. The van der Waals surface area contributed by atoms with E-state index in [1.54, 1.807) is 9.80 Å². The third-order valence-corrected chi connectivity index (χ3v) is 8.80. The first-order valence-corrected chi connectivity index (χ1v) is 17.0. The van der Waals surface area contributed by atoms with Gasteiger partial charge >= 0.3 is 0 Å². The number of nitrogens with two attached hydrogens (primary N) is 1. The fourth-order valence-electron chi connectivity index (χ4n) is 6.31. The fourth-order valence-corrected chi connectivity index (χ4v) is 6.31. The molecule has 0 aliphatic carbocycles. The molecule has 2 atom stereocenters. The minimum absolute atomic E-state index is 0.0986. The number of piperazine rings is 1. The molecule has 5 rings (SSSR count). The lowest BCUT2D eigenvalue weighted by Gasteiger charge is -2.42.